The van der Waals surface area contributed by atoms with Crippen LogP contribution < -0.4 is 10.1 Å². The van der Waals surface area contributed by atoms with E-state index < -0.39 is 6.04 Å². The molecule has 28 heavy (non-hydrogen) atoms. The minimum absolute atomic E-state index is 0.0865. The summed E-state index contributed by atoms with van der Waals surface area (Å²) in [5.41, 5.74) is 0.873. The first-order chi connectivity index (χ1) is 13.4. The van der Waals surface area contributed by atoms with Gasteiger partial charge in [-0.25, -0.2) is 4.98 Å². The summed E-state index contributed by atoms with van der Waals surface area (Å²) in [6.07, 6.45) is 5.06. The van der Waals surface area contributed by atoms with E-state index in [2.05, 4.69) is 10.3 Å². The molecule has 2 heterocycles. The Morgan fingerprint density at radius 1 is 1.39 bits per heavy atom. The van der Waals surface area contributed by atoms with Gasteiger partial charge in [-0.05, 0) is 44.5 Å². The van der Waals surface area contributed by atoms with E-state index >= 15 is 0 Å². The number of nitrogens with zero attached hydrogens (tertiary/aromatic N) is 2. The zero-order valence-corrected chi connectivity index (χ0v) is 17.7. The zero-order chi connectivity index (χ0) is 20.1. The van der Waals surface area contributed by atoms with Gasteiger partial charge in [0, 0.05) is 22.9 Å². The van der Waals surface area contributed by atoms with Crippen LogP contribution in [0.4, 0.5) is 5.13 Å². The van der Waals surface area contributed by atoms with Crippen molar-refractivity contribution < 1.29 is 14.3 Å². The molecule has 1 unspecified atom stereocenters. The Morgan fingerprint density at radius 2 is 2.21 bits per heavy atom. The number of benzene rings is 1. The van der Waals surface area contributed by atoms with Gasteiger partial charge in [0.05, 0.1) is 12.0 Å². The number of anilines is 1. The van der Waals surface area contributed by atoms with Crippen LogP contribution >= 0.6 is 23.1 Å². The molecule has 0 aliphatic carbocycles. The standard InChI is InChI=1S/C20H23N3O3S2/c1-13(2)26-16-6-4-5-15(9-16)7-8-18(24)23-12-27-11-17(23)19(25)22-20-21-10-14(3)28-20/h4-10,13,17H,11-12H2,1-3H3,(H,21,22,25). The van der Waals surface area contributed by atoms with E-state index in [4.69, 9.17) is 4.74 Å². The molecule has 1 atom stereocenters. The van der Waals surface area contributed by atoms with Crippen molar-refractivity contribution in [3.05, 3.63) is 47.0 Å². The van der Waals surface area contributed by atoms with Crippen molar-refractivity contribution in [3.8, 4) is 5.75 Å². The number of aromatic nitrogens is 1. The molecule has 0 saturated carbocycles. The first-order valence-corrected chi connectivity index (χ1v) is 11.0. The normalized spacial score (nSPS) is 16.7. The minimum Gasteiger partial charge on any atom is -0.491 e. The van der Waals surface area contributed by atoms with Crippen molar-refractivity contribution in [1.29, 1.82) is 0 Å². The highest BCUT2D eigenvalue weighted by Gasteiger charge is 2.34. The predicted octanol–water partition coefficient (Wildman–Crippen LogP) is 3.79. The largest absolute Gasteiger partial charge is 0.491 e. The number of nitrogens with one attached hydrogen (secondary N) is 1. The lowest BCUT2D eigenvalue weighted by Crippen LogP contribution is -2.43. The van der Waals surface area contributed by atoms with Gasteiger partial charge in [-0.3, -0.25) is 9.59 Å². The topological polar surface area (TPSA) is 71.5 Å². The average Bonchev–Trinajstić information content (AvgIpc) is 3.28. The number of carbonyl (C=O) groups is 2. The van der Waals surface area contributed by atoms with Crippen molar-refractivity contribution in [2.75, 3.05) is 16.9 Å². The lowest BCUT2D eigenvalue weighted by Gasteiger charge is -2.21. The first kappa shape index (κ1) is 20.4. The Balaban J connectivity index is 1.64. The van der Waals surface area contributed by atoms with E-state index in [-0.39, 0.29) is 17.9 Å². The van der Waals surface area contributed by atoms with Crippen molar-refractivity contribution >= 4 is 46.1 Å². The number of ether oxygens (including phenoxy) is 1. The average molecular weight is 418 g/mol. The quantitative estimate of drug-likeness (QED) is 0.724. The van der Waals surface area contributed by atoms with Crippen molar-refractivity contribution in [2.24, 2.45) is 0 Å². The Bertz CT molecular complexity index is 879. The van der Waals surface area contributed by atoms with Crippen molar-refractivity contribution in [3.63, 3.8) is 0 Å². The molecule has 8 heteroatoms. The van der Waals surface area contributed by atoms with Gasteiger partial charge in [-0.2, -0.15) is 0 Å². The first-order valence-electron chi connectivity index (χ1n) is 8.99. The monoisotopic (exact) mass is 417 g/mol. The van der Waals surface area contributed by atoms with Crippen molar-refractivity contribution in [1.82, 2.24) is 9.88 Å². The van der Waals surface area contributed by atoms with Gasteiger partial charge in [0.15, 0.2) is 5.13 Å². The van der Waals surface area contributed by atoms with Crippen LogP contribution in [-0.4, -0.2) is 45.5 Å². The van der Waals surface area contributed by atoms with Crippen molar-refractivity contribution in [2.45, 2.75) is 32.9 Å². The van der Waals surface area contributed by atoms with Gasteiger partial charge in [0.2, 0.25) is 11.8 Å². The van der Waals surface area contributed by atoms with Crippen LogP contribution in [0.3, 0.4) is 0 Å². The molecule has 1 saturated heterocycles. The van der Waals surface area contributed by atoms with E-state index in [1.165, 1.54) is 17.4 Å². The molecule has 2 amide bonds. The highest BCUT2D eigenvalue weighted by atomic mass is 32.2. The van der Waals surface area contributed by atoms with E-state index in [0.29, 0.717) is 16.8 Å². The fourth-order valence-electron chi connectivity index (χ4n) is 2.71. The van der Waals surface area contributed by atoms with Gasteiger partial charge < -0.3 is 15.0 Å². The molecule has 2 aromatic rings. The Hall–Kier alpha value is -2.32. The number of amides is 2. The maximum Gasteiger partial charge on any atom is 0.249 e. The summed E-state index contributed by atoms with van der Waals surface area (Å²) in [4.78, 5) is 32.0. The van der Waals surface area contributed by atoms with E-state index in [9.17, 15) is 9.59 Å². The summed E-state index contributed by atoms with van der Waals surface area (Å²) in [6, 6.07) is 7.07. The van der Waals surface area contributed by atoms with Gasteiger partial charge in [0.1, 0.15) is 11.8 Å². The van der Waals surface area contributed by atoms with Crippen LogP contribution in [0.2, 0.25) is 0 Å². The lowest BCUT2D eigenvalue weighted by atomic mass is 10.2. The summed E-state index contributed by atoms with van der Waals surface area (Å²) >= 11 is 2.99. The molecular weight excluding hydrogens is 394 g/mol. The van der Waals surface area contributed by atoms with E-state index in [1.807, 2.05) is 45.0 Å². The maximum atomic E-state index is 12.7. The number of hydrogen-bond donors (Lipinski definition) is 1. The number of hydrogen-bond acceptors (Lipinski definition) is 6. The number of rotatable bonds is 6. The highest BCUT2D eigenvalue weighted by Crippen LogP contribution is 2.24. The second kappa shape index (κ2) is 9.25. The zero-order valence-electron chi connectivity index (χ0n) is 16.0. The van der Waals surface area contributed by atoms with Crippen LogP contribution in [-0.2, 0) is 9.59 Å². The Morgan fingerprint density at radius 3 is 2.93 bits per heavy atom. The van der Waals surface area contributed by atoms with Gasteiger partial charge in [0.25, 0.3) is 0 Å². The smallest absolute Gasteiger partial charge is 0.249 e. The molecule has 0 spiro atoms. The fraction of sp³-hybridized carbons (Fsp3) is 0.350. The summed E-state index contributed by atoms with van der Waals surface area (Å²) in [7, 11) is 0. The fourth-order valence-corrected chi connectivity index (χ4v) is 4.54. The van der Waals surface area contributed by atoms with Crippen LogP contribution in [0.1, 0.15) is 24.3 Å². The second-order valence-electron chi connectivity index (χ2n) is 6.66. The van der Waals surface area contributed by atoms with Crippen LogP contribution in [0, 0.1) is 6.92 Å². The van der Waals surface area contributed by atoms with Gasteiger partial charge in [-0.1, -0.05) is 12.1 Å². The lowest BCUT2D eigenvalue weighted by molar-refractivity contribution is -0.132. The molecule has 3 rings (SSSR count). The third kappa shape index (κ3) is 5.36. The summed E-state index contributed by atoms with van der Waals surface area (Å²) in [5.74, 6) is 1.45. The number of carbonyl (C=O) groups excluding carboxylic acids is 2. The van der Waals surface area contributed by atoms with Gasteiger partial charge >= 0.3 is 0 Å². The number of aryl methyl sites for hydroxylation is 1. The molecule has 1 fully saturated rings. The summed E-state index contributed by atoms with van der Waals surface area (Å²) in [6.45, 7) is 5.87. The maximum absolute atomic E-state index is 12.7. The number of thioether (sulfide) groups is 1. The molecule has 6 nitrogen and oxygen atoms in total. The summed E-state index contributed by atoms with van der Waals surface area (Å²) in [5, 5.41) is 3.37. The molecule has 1 aromatic carbocycles. The Labute approximate surface area is 173 Å². The highest BCUT2D eigenvalue weighted by molar-refractivity contribution is 7.99. The van der Waals surface area contributed by atoms with Gasteiger partial charge in [-0.15, -0.1) is 23.1 Å². The molecule has 0 bridgehead atoms. The molecular formula is C20H23N3O3S2. The third-order valence-electron chi connectivity index (χ3n) is 3.97. The SMILES string of the molecule is Cc1cnc(NC(=O)C2CSCN2C(=O)C=Cc2cccc(OC(C)C)c2)s1. The second-order valence-corrected chi connectivity index (χ2v) is 8.90. The molecule has 1 aliphatic rings. The van der Waals surface area contributed by atoms with Crippen LogP contribution in [0.5, 0.6) is 5.75 Å². The Kier molecular flexibility index (Phi) is 6.74. The molecule has 1 aromatic heterocycles. The summed E-state index contributed by atoms with van der Waals surface area (Å²) < 4.78 is 5.68. The predicted molar refractivity (Wildman–Crippen MR) is 115 cm³/mol. The molecule has 1 aliphatic heterocycles. The van der Waals surface area contributed by atoms with Crippen LogP contribution in [0.25, 0.3) is 6.08 Å². The number of thiazole rings is 1. The van der Waals surface area contributed by atoms with E-state index in [0.717, 1.165) is 16.2 Å². The minimum atomic E-state index is -0.498. The molecule has 148 valence electrons. The van der Waals surface area contributed by atoms with Crippen LogP contribution in [0.15, 0.2) is 36.5 Å². The molecule has 1 N–H and O–H groups in total. The third-order valence-corrected chi connectivity index (χ3v) is 5.81. The van der Waals surface area contributed by atoms with E-state index in [1.54, 1.807) is 28.9 Å². The molecule has 0 radical (unpaired) electrons.